The average Bonchev–Trinajstić information content (AvgIpc) is 3.53. The molecule has 150 valence electrons. The predicted octanol–water partition coefficient (Wildman–Crippen LogP) is 2.20. The second-order valence-electron chi connectivity index (χ2n) is 8.08. The van der Waals surface area contributed by atoms with E-state index >= 15 is 0 Å². The topological polar surface area (TPSA) is 88.0 Å². The SMILES string of the molecule is N#Cc1cnc(N2Cc3cn[nH]c3C2)nc1N1C[C@@H]2C[C@H]1CN2c1cccc(F)c1. The van der Waals surface area contributed by atoms with Gasteiger partial charge in [-0.25, -0.2) is 9.37 Å². The number of nitrogens with one attached hydrogen (secondary N) is 1. The molecule has 0 unspecified atom stereocenters. The summed E-state index contributed by atoms with van der Waals surface area (Å²) in [5.74, 6) is 1.10. The lowest BCUT2D eigenvalue weighted by atomic mass is 10.2. The molecule has 3 aromatic rings. The van der Waals surface area contributed by atoms with Crippen LogP contribution in [0.1, 0.15) is 23.2 Å². The fourth-order valence-electron chi connectivity index (χ4n) is 4.92. The number of fused-ring (bicyclic) bond motifs is 3. The van der Waals surface area contributed by atoms with E-state index in [1.165, 1.54) is 6.07 Å². The van der Waals surface area contributed by atoms with Gasteiger partial charge in [0.2, 0.25) is 5.95 Å². The molecule has 0 radical (unpaired) electrons. The minimum absolute atomic E-state index is 0.218. The van der Waals surface area contributed by atoms with Crippen LogP contribution in [0, 0.1) is 17.1 Å². The summed E-state index contributed by atoms with van der Waals surface area (Å²) in [6.45, 7) is 2.93. The van der Waals surface area contributed by atoms with E-state index in [-0.39, 0.29) is 17.9 Å². The zero-order chi connectivity index (χ0) is 20.2. The van der Waals surface area contributed by atoms with E-state index < -0.39 is 0 Å². The molecule has 2 atom stereocenters. The van der Waals surface area contributed by atoms with Gasteiger partial charge in [-0.05, 0) is 24.6 Å². The van der Waals surface area contributed by atoms with Crippen molar-refractivity contribution in [1.82, 2.24) is 20.2 Å². The van der Waals surface area contributed by atoms with E-state index in [1.54, 1.807) is 18.3 Å². The first-order valence-corrected chi connectivity index (χ1v) is 10.0. The number of piperazine rings is 1. The molecule has 2 bridgehead atoms. The number of benzene rings is 1. The first-order chi connectivity index (χ1) is 14.7. The molecule has 6 rings (SSSR count). The van der Waals surface area contributed by atoms with Gasteiger partial charge in [0, 0.05) is 36.9 Å². The molecule has 5 heterocycles. The summed E-state index contributed by atoms with van der Waals surface area (Å²) in [6, 6.07) is 9.52. The molecule has 2 fully saturated rings. The summed E-state index contributed by atoms with van der Waals surface area (Å²) < 4.78 is 13.7. The van der Waals surface area contributed by atoms with E-state index in [4.69, 9.17) is 4.98 Å². The molecule has 1 aromatic carbocycles. The highest BCUT2D eigenvalue weighted by Gasteiger charge is 2.44. The highest BCUT2D eigenvalue weighted by molar-refractivity contribution is 5.61. The molecule has 0 amide bonds. The van der Waals surface area contributed by atoms with E-state index in [2.05, 4.69) is 36.0 Å². The summed E-state index contributed by atoms with van der Waals surface area (Å²) in [5.41, 5.74) is 3.63. The Bertz CT molecular complexity index is 1150. The number of hydrogen-bond acceptors (Lipinski definition) is 7. The molecule has 9 heteroatoms. The number of halogens is 1. The predicted molar refractivity (Wildman–Crippen MR) is 109 cm³/mol. The number of anilines is 3. The number of nitrogens with zero attached hydrogens (tertiary/aromatic N) is 7. The van der Waals surface area contributed by atoms with Gasteiger partial charge in [0.15, 0.2) is 5.82 Å². The summed E-state index contributed by atoms with van der Waals surface area (Å²) in [7, 11) is 0. The van der Waals surface area contributed by atoms with Crippen molar-refractivity contribution >= 4 is 17.5 Å². The lowest BCUT2D eigenvalue weighted by molar-refractivity contribution is 0.617. The summed E-state index contributed by atoms with van der Waals surface area (Å²) in [5, 5.41) is 16.7. The second-order valence-corrected chi connectivity index (χ2v) is 8.08. The molecular weight excluding hydrogens is 383 g/mol. The number of aromatic amines is 1. The Morgan fingerprint density at radius 3 is 2.77 bits per heavy atom. The van der Waals surface area contributed by atoms with Crippen LogP contribution in [0.15, 0.2) is 36.7 Å². The molecule has 2 saturated heterocycles. The Kier molecular flexibility index (Phi) is 3.68. The fraction of sp³-hybridized carbons (Fsp3) is 0.333. The molecule has 8 nitrogen and oxygen atoms in total. The van der Waals surface area contributed by atoms with Crippen LogP contribution >= 0.6 is 0 Å². The summed E-state index contributed by atoms with van der Waals surface area (Å²) in [6.07, 6.45) is 4.43. The quantitative estimate of drug-likeness (QED) is 0.719. The normalized spacial score (nSPS) is 21.9. The van der Waals surface area contributed by atoms with Crippen molar-refractivity contribution in [2.24, 2.45) is 0 Å². The maximum atomic E-state index is 13.7. The Morgan fingerprint density at radius 2 is 2.00 bits per heavy atom. The van der Waals surface area contributed by atoms with Crippen molar-refractivity contribution in [3.05, 3.63) is 59.3 Å². The van der Waals surface area contributed by atoms with Crippen molar-refractivity contribution in [3.8, 4) is 6.07 Å². The molecular formula is C21H19FN8. The van der Waals surface area contributed by atoms with Crippen molar-refractivity contribution in [3.63, 3.8) is 0 Å². The zero-order valence-corrected chi connectivity index (χ0v) is 16.2. The first-order valence-electron chi connectivity index (χ1n) is 10.0. The van der Waals surface area contributed by atoms with Gasteiger partial charge in [-0.1, -0.05) is 6.07 Å². The molecule has 2 aromatic heterocycles. The second kappa shape index (κ2) is 6.42. The van der Waals surface area contributed by atoms with Gasteiger partial charge < -0.3 is 14.7 Å². The zero-order valence-electron chi connectivity index (χ0n) is 16.2. The molecule has 1 N–H and O–H groups in total. The highest BCUT2D eigenvalue weighted by Crippen LogP contribution is 2.38. The van der Waals surface area contributed by atoms with Gasteiger partial charge >= 0.3 is 0 Å². The standard InChI is InChI=1S/C21H19FN8/c22-15-2-1-3-16(4-15)29-10-18-5-17(29)11-30(18)20-13(6-23)7-24-21(26-20)28-9-14-8-25-27-19(14)12-28/h1-4,7-8,17-18H,5,9-12H2,(H,25,27)/t17-,18-/m0/s1. The molecule has 0 saturated carbocycles. The van der Waals surface area contributed by atoms with Gasteiger partial charge in [0.1, 0.15) is 17.4 Å². The third-order valence-corrected chi connectivity index (χ3v) is 6.33. The van der Waals surface area contributed by atoms with E-state index in [0.29, 0.717) is 30.4 Å². The third-order valence-electron chi connectivity index (χ3n) is 6.33. The number of nitriles is 1. The minimum atomic E-state index is -0.218. The fourth-order valence-corrected chi connectivity index (χ4v) is 4.92. The van der Waals surface area contributed by atoms with E-state index in [0.717, 1.165) is 36.5 Å². The van der Waals surface area contributed by atoms with Crippen LogP contribution < -0.4 is 14.7 Å². The Labute approximate surface area is 172 Å². The lowest BCUT2D eigenvalue weighted by Gasteiger charge is -2.36. The average molecular weight is 402 g/mol. The van der Waals surface area contributed by atoms with Crippen molar-refractivity contribution in [2.45, 2.75) is 31.6 Å². The number of H-pyrrole nitrogens is 1. The number of aromatic nitrogens is 4. The van der Waals surface area contributed by atoms with Gasteiger partial charge in [-0.2, -0.15) is 15.3 Å². The van der Waals surface area contributed by atoms with Crippen LogP contribution in [0.25, 0.3) is 0 Å². The van der Waals surface area contributed by atoms with Crippen LogP contribution in [0.3, 0.4) is 0 Å². The molecule has 0 spiro atoms. The maximum absolute atomic E-state index is 13.7. The van der Waals surface area contributed by atoms with E-state index in [9.17, 15) is 9.65 Å². The Balaban J connectivity index is 1.27. The van der Waals surface area contributed by atoms with Crippen LogP contribution in [-0.2, 0) is 13.1 Å². The minimum Gasteiger partial charge on any atom is -0.365 e. The summed E-state index contributed by atoms with van der Waals surface area (Å²) in [4.78, 5) is 15.8. The van der Waals surface area contributed by atoms with Crippen molar-refractivity contribution in [1.29, 1.82) is 5.26 Å². The van der Waals surface area contributed by atoms with Gasteiger partial charge in [0.25, 0.3) is 0 Å². The number of hydrogen-bond donors (Lipinski definition) is 1. The molecule has 30 heavy (non-hydrogen) atoms. The lowest BCUT2D eigenvalue weighted by Crippen LogP contribution is -2.47. The van der Waals surface area contributed by atoms with Crippen LogP contribution in [-0.4, -0.2) is 45.3 Å². The van der Waals surface area contributed by atoms with Gasteiger partial charge in [-0.15, -0.1) is 0 Å². The number of rotatable bonds is 3. The Morgan fingerprint density at radius 1 is 1.13 bits per heavy atom. The third kappa shape index (κ3) is 2.60. The van der Waals surface area contributed by atoms with Crippen LogP contribution in [0.4, 0.5) is 21.8 Å². The van der Waals surface area contributed by atoms with Crippen LogP contribution in [0.2, 0.25) is 0 Å². The largest absolute Gasteiger partial charge is 0.365 e. The van der Waals surface area contributed by atoms with Crippen molar-refractivity contribution < 1.29 is 4.39 Å². The van der Waals surface area contributed by atoms with E-state index in [1.807, 2.05) is 12.3 Å². The highest BCUT2D eigenvalue weighted by atomic mass is 19.1. The Hall–Kier alpha value is -3.67. The summed E-state index contributed by atoms with van der Waals surface area (Å²) >= 11 is 0. The van der Waals surface area contributed by atoms with Gasteiger partial charge in [-0.3, -0.25) is 5.10 Å². The molecule has 3 aliphatic rings. The monoisotopic (exact) mass is 402 g/mol. The smallest absolute Gasteiger partial charge is 0.228 e. The van der Waals surface area contributed by atoms with Crippen LogP contribution in [0.5, 0.6) is 0 Å². The van der Waals surface area contributed by atoms with Gasteiger partial charge in [0.05, 0.1) is 30.7 Å². The first kappa shape index (κ1) is 17.2. The maximum Gasteiger partial charge on any atom is 0.228 e. The van der Waals surface area contributed by atoms with Crippen molar-refractivity contribution in [2.75, 3.05) is 27.8 Å². The molecule has 3 aliphatic heterocycles. The molecule has 0 aliphatic carbocycles.